The lowest BCUT2D eigenvalue weighted by Gasteiger charge is -2.52. The van der Waals surface area contributed by atoms with Crippen LogP contribution in [-0.4, -0.2) is 22.6 Å². The number of nitrogens with zero attached hydrogens (tertiary/aromatic N) is 1. The molecular formula is C22H20N2O2S. The number of aliphatic hydroxyl groups is 1. The molecule has 0 aliphatic heterocycles. The van der Waals surface area contributed by atoms with E-state index in [-0.39, 0.29) is 24.3 Å². The minimum Gasteiger partial charge on any atom is -0.396 e. The Bertz CT molecular complexity index is 954. The van der Waals surface area contributed by atoms with Crippen LogP contribution < -0.4 is 5.32 Å². The van der Waals surface area contributed by atoms with Crippen molar-refractivity contribution >= 4 is 22.4 Å². The van der Waals surface area contributed by atoms with Crippen LogP contribution in [0.2, 0.25) is 0 Å². The van der Waals surface area contributed by atoms with E-state index >= 15 is 0 Å². The number of carbonyl (C=O) groups is 1. The van der Waals surface area contributed by atoms with Crippen LogP contribution >= 0.6 is 11.3 Å². The van der Waals surface area contributed by atoms with Gasteiger partial charge >= 0.3 is 0 Å². The molecule has 27 heavy (non-hydrogen) atoms. The van der Waals surface area contributed by atoms with Crippen molar-refractivity contribution in [2.24, 2.45) is 5.41 Å². The average Bonchev–Trinajstić information content (AvgIpc) is 3.21. The molecule has 5 heteroatoms. The molecule has 1 atom stereocenters. The molecule has 0 radical (unpaired) electrons. The van der Waals surface area contributed by atoms with Crippen molar-refractivity contribution < 1.29 is 9.90 Å². The summed E-state index contributed by atoms with van der Waals surface area (Å²) in [6.07, 6.45) is 2.84. The largest absolute Gasteiger partial charge is 0.396 e. The number of hydrogen-bond acceptors (Lipinski definition) is 4. The van der Waals surface area contributed by atoms with E-state index in [1.807, 2.05) is 17.5 Å². The van der Waals surface area contributed by atoms with E-state index in [1.54, 1.807) is 6.20 Å². The number of carbonyl (C=O) groups excluding carboxylic acids is 1. The van der Waals surface area contributed by atoms with E-state index < -0.39 is 5.41 Å². The molecule has 3 aliphatic rings. The normalized spacial score (nSPS) is 24.9. The molecule has 1 aromatic heterocycles. The minimum absolute atomic E-state index is 0.0150. The number of anilines is 1. The summed E-state index contributed by atoms with van der Waals surface area (Å²) < 4.78 is 0. The van der Waals surface area contributed by atoms with E-state index in [1.165, 1.54) is 33.6 Å². The maximum absolute atomic E-state index is 13.5. The number of thiazole rings is 1. The zero-order chi connectivity index (χ0) is 18.4. The number of fused-ring (bicyclic) bond motifs is 1. The van der Waals surface area contributed by atoms with Crippen molar-refractivity contribution in [2.45, 2.75) is 24.7 Å². The second-order valence-electron chi connectivity index (χ2n) is 7.37. The fourth-order valence-corrected chi connectivity index (χ4v) is 5.63. The Labute approximate surface area is 161 Å². The van der Waals surface area contributed by atoms with Crippen LogP contribution in [0.3, 0.4) is 0 Å². The number of rotatable bonds is 4. The maximum Gasteiger partial charge on any atom is 0.233 e. The van der Waals surface area contributed by atoms with Crippen molar-refractivity contribution in [1.29, 1.82) is 0 Å². The van der Waals surface area contributed by atoms with Crippen LogP contribution in [0.4, 0.5) is 5.13 Å². The summed E-state index contributed by atoms with van der Waals surface area (Å²) in [5.41, 5.74) is 4.40. The number of aliphatic hydroxyl groups excluding tert-OH is 1. The highest BCUT2D eigenvalue weighted by Crippen LogP contribution is 2.62. The summed E-state index contributed by atoms with van der Waals surface area (Å²) in [4.78, 5) is 17.7. The predicted molar refractivity (Wildman–Crippen MR) is 106 cm³/mol. The monoisotopic (exact) mass is 376 g/mol. The van der Waals surface area contributed by atoms with Gasteiger partial charge in [0, 0.05) is 30.0 Å². The molecule has 0 spiro atoms. The molecular weight excluding hydrogens is 356 g/mol. The molecule has 2 aromatic carbocycles. The first kappa shape index (κ1) is 16.7. The Morgan fingerprint density at radius 2 is 1.74 bits per heavy atom. The number of hydrogen-bond donors (Lipinski definition) is 2. The predicted octanol–water partition coefficient (Wildman–Crippen LogP) is 4.13. The molecule has 0 fully saturated rings. The van der Waals surface area contributed by atoms with Gasteiger partial charge in [-0.2, -0.15) is 0 Å². The molecule has 136 valence electrons. The Kier molecular flexibility index (Phi) is 3.88. The van der Waals surface area contributed by atoms with Gasteiger partial charge in [-0.15, -0.1) is 11.3 Å². The zero-order valence-corrected chi connectivity index (χ0v) is 15.6. The summed E-state index contributed by atoms with van der Waals surface area (Å²) in [7, 11) is 0. The Morgan fingerprint density at radius 3 is 2.30 bits per heavy atom. The summed E-state index contributed by atoms with van der Waals surface area (Å²) in [6, 6.07) is 16.9. The number of nitrogens with one attached hydrogen (secondary N) is 1. The van der Waals surface area contributed by atoms with Gasteiger partial charge in [-0.05, 0) is 35.1 Å². The molecule has 2 bridgehead atoms. The zero-order valence-electron chi connectivity index (χ0n) is 14.8. The van der Waals surface area contributed by atoms with Crippen LogP contribution in [0.25, 0.3) is 0 Å². The third-order valence-electron chi connectivity index (χ3n) is 6.15. The average molecular weight is 376 g/mol. The van der Waals surface area contributed by atoms with Crippen molar-refractivity contribution in [1.82, 2.24) is 4.98 Å². The molecule has 4 nitrogen and oxygen atoms in total. The van der Waals surface area contributed by atoms with Gasteiger partial charge in [0.05, 0.1) is 5.41 Å². The lowest BCUT2D eigenvalue weighted by Crippen LogP contribution is -2.49. The second-order valence-corrected chi connectivity index (χ2v) is 8.26. The molecule has 1 heterocycles. The standard InChI is InChI=1S/C22H20N2O2S/c25-11-9-22(20(26)24-21-23-10-12-27-21)13-18-14-5-1-3-7-16(14)19(22)17-8-4-2-6-15(17)18/h1-8,10,12,18-19,25H,9,11,13H2,(H,23,24,26). The van der Waals surface area contributed by atoms with Gasteiger partial charge in [0.15, 0.2) is 5.13 Å². The second kappa shape index (κ2) is 6.29. The van der Waals surface area contributed by atoms with Gasteiger partial charge in [0.1, 0.15) is 0 Å². The van der Waals surface area contributed by atoms with Crippen LogP contribution in [0.5, 0.6) is 0 Å². The molecule has 2 N–H and O–H groups in total. The molecule has 0 saturated heterocycles. The number of amides is 1. The van der Waals surface area contributed by atoms with E-state index in [4.69, 9.17) is 0 Å². The first-order valence-corrected chi connectivity index (χ1v) is 10.1. The van der Waals surface area contributed by atoms with Gasteiger partial charge in [-0.25, -0.2) is 4.98 Å². The van der Waals surface area contributed by atoms with E-state index in [0.29, 0.717) is 18.0 Å². The molecule has 3 aliphatic carbocycles. The van der Waals surface area contributed by atoms with Gasteiger partial charge < -0.3 is 10.4 Å². The minimum atomic E-state index is -0.673. The van der Waals surface area contributed by atoms with Gasteiger partial charge in [0.2, 0.25) is 5.91 Å². The van der Waals surface area contributed by atoms with Gasteiger partial charge in [0.25, 0.3) is 0 Å². The lowest BCUT2D eigenvalue weighted by atomic mass is 9.51. The highest BCUT2D eigenvalue weighted by molar-refractivity contribution is 7.13. The van der Waals surface area contributed by atoms with Crippen molar-refractivity contribution in [3.8, 4) is 0 Å². The Morgan fingerprint density at radius 1 is 1.11 bits per heavy atom. The summed E-state index contributed by atoms with van der Waals surface area (Å²) in [5.74, 6) is 0.0866. The van der Waals surface area contributed by atoms with E-state index in [2.05, 4.69) is 46.7 Å². The van der Waals surface area contributed by atoms with Crippen molar-refractivity contribution in [3.05, 3.63) is 82.4 Å². The maximum atomic E-state index is 13.5. The Hall–Kier alpha value is -2.50. The lowest BCUT2D eigenvalue weighted by molar-refractivity contribution is -0.129. The van der Waals surface area contributed by atoms with Crippen molar-refractivity contribution in [3.63, 3.8) is 0 Å². The SMILES string of the molecule is O=C(Nc1nccs1)C1(CCO)CC2c3ccccc3C1c1ccccc12. The summed E-state index contributed by atoms with van der Waals surface area (Å²) in [5, 5.41) is 15.4. The first-order valence-electron chi connectivity index (χ1n) is 9.24. The number of aromatic nitrogens is 1. The fourth-order valence-electron chi connectivity index (χ4n) is 5.10. The first-order chi connectivity index (χ1) is 13.2. The number of benzene rings is 2. The van der Waals surface area contributed by atoms with Crippen LogP contribution in [0.15, 0.2) is 60.1 Å². The van der Waals surface area contributed by atoms with Crippen LogP contribution in [-0.2, 0) is 4.79 Å². The van der Waals surface area contributed by atoms with Crippen LogP contribution in [0, 0.1) is 5.41 Å². The Balaban J connectivity index is 1.68. The van der Waals surface area contributed by atoms with Gasteiger partial charge in [-0.1, -0.05) is 48.5 Å². The smallest absolute Gasteiger partial charge is 0.233 e. The van der Waals surface area contributed by atoms with Crippen molar-refractivity contribution in [2.75, 3.05) is 11.9 Å². The molecule has 3 aromatic rings. The third kappa shape index (κ3) is 2.38. The van der Waals surface area contributed by atoms with Gasteiger partial charge in [-0.3, -0.25) is 4.79 Å². The highest BCUT2D eigenvalue weighted by Gasteiger charge is 2.56. The van der Waals surface area contributed by atoms with Crippen LogP contribution in [0.1, 0.15) is 46.9 Å². The summed E-state index contributed by atoms with van der Waals surface area (Å²) in [6.45, 7) is -0.0150. The molecule has 1 amide bonds. The van der Waals surface area contributed by atoms with E-state index in [0.717, 1.165) is 0 Å². The quantitative estimate of drug-likeness (QED) is 0.720. The topological polar surface area (TPSA) is 62.2 Å². The fraction of sp³-hybridized carbons (Fsp3) is 0.273. The molecule has 0 saturated carbocycles. The third-order valence-corrected chi connectivity index (χ3v) is 6.84. The van der Waals surface area contributed by atoms with E-state index in [9.17, 15) is 9.90 Å². The molecule has 6 rings (SSSR count). The highest BCUT2D eigenvalue weighted by atomic mass is 32.1. The summed E-state index contributed by atoms with van der Waals surface area (Å²) >= 11 is 1.42. The molecule has 1 unspecified atom stereocenters.